The van der Waals surface area contributed by atoms with Gasteiger partial charge in [-0.25, -0.2) is 4.79 Å². The van der Waals surface area contributed by atoms with Gasteiger partial charge in [0.1, 0.15) is 0 Å². The van der Waals surface area contributed by atoms with Gasteiger partial charge in [-0.15, -0.1) is 0 Å². The van der Waals surface area contributed by atoms with Gasteiger partial charge in [0.25, 0.3) is 0 Å². The van der Waals surface area contributed by atoms with E-state index in [2.05, 4.69) is 0 Å². The molecule has 0 heterocycles. The lowest BCUT2D eigenvalue weighted by Crippen LogP contribution is -1.98. The second-order valence-corrected chi connectivity index (χ2v) is 3.11. The molecule has 0 radical (unpaired) electrons. The fourth-order valence-corrected chi connectivity index (χ4v) is 1.22. The molecule has 1 rings (SSSR count). The zero-order valence-corrected chi connectivity index (χ0v) is 9.30. The van der Waals surface area contributed by atoms with Gasteiger partial charge in [0.15, 0.2) is 11.5 Å². The lowest BCUT2D eigenvalue weighted by atomic mass is 10.1. The van der Waals surface area contributed by atoms with E-state index >= 15 is 0 Å². The molecule has 0 fully saturated rings. The van der Waals surface area contributed by atoms with Gasteiger partial charge in [-0.2, -0.15) is 0 Å². The lowest BCUT2D eigenvalue weighted by molar-refractivity contribution is -0.135. The quantitative estimate of drug-likeness (QED) is 0.543. The van der Waals surface area contributed by atoms with Crippen LogP contribution in [-0.4, -0.2) is 35.5 Å². The third-order valence-corrected chi connectivity index (χ3v) is 2.02. The molecular weight excluding hydrogens is 228 g/mol. The number of carbonyl (C=O) groups is 1. The molecule has 0 aromatic heterocycles. The predicted molar refractivity (Wildman–Crippen MR) is 59.5 cm³/mol. The minimum atomic E-state index is -1.45. The first kappa shape index (κ1) is 12.7. The van der Waals surface area contributed by atoms with Crippen LogP contribution in [0.2, 0.25) is 0 Å². The number of aromatic hydroxyl groups is 1. The smallest absolute Gasteiger partial charge is 0.370 e. The van der Waals surface area contributed by atoms with Crippen molar-refractivity contribution in [3.8, 4) is 17.2 Å². The highest BCUT2D eigenvalue weighted by Crippen LogP contribution is 2.37. The molecule has 1 aromatic rings. The first-order valence-corrected chi connectivity index (χ1v) is 4.58. The van der Waals surface area contributed by atoms with Gasteiger partial charge in [-0.05, 0) is 23.8 Å². The van der Waals surface area contributed by atoms with Crippen molar-refractivity contribution >= 4 is 12.0 Å². The number of ether oxygens (including phenoxy) is 2. The summed E-state index contributed by atoms with van der Waals surface area (Å²) in [5.74, 6) is -2.22. The molecule has 0 unspecified atom stereocenters. The fraction of sp³-hybridized carbons (Fsp3) is 0.182. The monoisotopic (exact) mass is 240 g/mol. The van der Waals surface area contributed by atoms with Crippen molar-refractivity contribution < 1.29 is 29.6 Å². The molecule has 0 bridgehead atoms. The van der Waals surface area contributed by atoms with Gasteiger partial charge >= 0.3 is 5.97 Å². The van der Waals surface area contributed by atoms with E-state index in [1.807, 2.05) is 0 Å². The van der Waals surface area contributed by atoms with E-state index in [0.717, 1.165) is 6.08 Å². The number of hydrogen-bond donors (Lipinski definition) is 3. The number of hydrogen-bond acceptors (Lipinski definition) is 5. The van der Waals surface area contributed by atoms with Crippen LogP contribution in [0, 0.1) is 0 Å². The Morgan fingerprint density at radius 3 is 2.00 bits per heavy atom. The van der Waals surface area contributed by atoms with Crippen LogP contribution in [0.15, 0.2) is 17.9 Å². The molecule has 3 N–H and O–H groups in total. The highest BCUT2D eigenvalue weighted by atomic mass is 16.5. The van der Waals surface area contributed by atoms with Crippen LogP contribution in [0.4, 0.5) is 0 Å². The SMILES string of the molecule is COc1cc(/C=C(\O)C(=O)O)cc(OC)c1O. The minimum Gasteiger partial charge on any atom is -0.502 e. The number of phenols is 1. The number of aliphatic hydroxyl groups excluding tert-OH is 1. The largest absolute Gasteiger partial charge is 0.502 e. The van der Waals surface area contributed by atoms with Gasteiger partial charge in [0.2, 0.25) is 11.5 Å². The molecule has 92 valence electrons. The van der Waals surface area contributed by atoms with Crippen molar-refractivity contribution in [2.24, 2.45) is 0 Å². The van der Waals surface area contributed by atoms with Crippen LogP contribution < -0.4 is 9.47 Å². The van der Waals surface area contributed by atoms with E-state index < -0.39 is 11.7 Å². The summed E-state index contributed by atoms with van der Waals surface area (Å²) in [7, 11) is 2.69. The van der Waals surface area contributed by atoms with Crippen LogP contribution in [-0.2, 0) is 4.79 Å². The summed E-state index contributed by atoms with van der Waals surface area (Å²) in [5, 5.41) is 27.2. The van der Waals surface area contributed by atoms with Gasteiger partial charge < -0.3 is 24.8 Å². The molecule has 0 spiro atoms. The van der Waals surface area contributed by atoms with Crippen molar-refractivity contribution in [1.82, 2.24) is 0 Å². The van der Waals surface area contributed by atoms with E-state index in [1.165, 1.54) is 26.4 Å². The van der Waals surface area contributed by atoms with E-state index in [4.69, 9.17) is 19.7 Å². The number of aliphatic hydroxyl groups is 1. The zero-order chi connectivity index (χ0) is 13.0. The van der Waals surface area contributed by atoms with E-state index in [-0.39, 0.29) is 17.2 Å². The third kappa shape index (κ3) is 2.81. The Labute approximate surface area is 97.3 Å². The molecular formula is C11H12O6. The van der Waals surface area contributed by atoms with Gasteiger partial charge in [-0.1, -0.05) is 0 Å². The minimum absolute atomic E-state index is 0.119. The molecule has 6 nitrogen and oxygen atoms in total. The number of methoxy groups -OCH3 is 2. The maximum atomic E-state index is 10.4. The van der Waals surface area contributed by atoms with Crippen LogP contribution in [0.25, 0.3) is 6.08 Å². The van der Waals surface area contributed by atoms with Crippen LogP contribution in [0.3, 0.4) is 0 Å². The second kappa shape index (κ2) is 5.11. The number of benzene rings is 1. The predicted octanol–water partition coefficient (Wildman–Crippen LogP) is 1.39. The lowest BCUT2D eigenvalue weighted by Gasteiger charge is -2.09. The van der Waals surface area contributed by atoms with Gasteiger partial charge in [0.05, 0.1) is 14.2 Å². The van der Waals surface area contributed by atoms with E-state index in [1.54, 1.807) is 0 Å². The van der Waals surface area contributed by atoms with E-state index in [9.17, 15) is 9.90 Å². The molecule has 0 amide bonds. The molecule has 0 saturated carbocycles. The molecule has 0 aliphatic heterocycles. The Balaban J connectivity index is 3.27. The van der Waals surface area contributed by atoms with Crippen LogP contribution in [0.1, 0.15) is 5.56 Å². The summed E-state index contributed by atoms with van der Waals surface area (Å²) >= 11 is 0. The Bertz CT molecular complexity index is 438. The molecule has 0 aliphatic rings. The average molecular weight is 240 g/mol. The van der Waals surface area contributed by atoms with Gasteiger partial charge in [0, 0.05) is 0 Å². The number of rotatable bonds is 4. The average Bonchev–Trinajstić information content (AvgIpc) is 2.30. The number of carboxylic acid groups (broad SMARTS) is 1. The van der Waals surface area contributed by atoms with Crippen LogP contribution in [0.5, 0.6) is 17.2 Å². The summed E-state index contributed by atoms with van der Waals surface area (Å²) in [6, 6.07) is 2.74. The molecule has 1 aromatic carbocycles. The molecule has 6 heteroatoms. The number of aliphatic carboxylic acids is 1. The molecule has 17 heavy (non-hydrogen) atoms. The number of phenolic OH excluding ortho intramolecular Hbond substituents is 1. The van der Waals surface area contributed by atoms with Crippen molar-refractivity contribution in [3.05, 3.63) is 23.5 Å². The normalized spacial score (nSPS) is 11.1. The molecule has 0 saturated heterocycles. The second-order valence-electron chi connectivity index (χ2n) is 3.11. The molecule has 0 aliphatic carbocycles. The fourth-order valence-electron chi connectivity index (χ4n) is 1.22. The Morgan fingerprint density at radius 2 is 1.65 bits per heavy atom. The summed E-state index contributed by atoms with van der Waals surface area (Å²) < 4.78 is 9.76. The topological polar surface area (TPSA) is 96.2 Å². The van der Waals surface area contributed by atoms with Crippen molar-refractivity contribution in [2.75, 3.05) is 14.2 Å². The summed E-state index contributed by atoms with van der Waals surface area (Å²) in [4.78, 5) is 10.4. The summed E-state index contributed by atoms with van der Waals surface area (Å²) in [6.07, 6.45) is 1.02. The van der Waals surface area contributed by atoms with Crippen LogP contribution >= 0.6 is 0 Å². The standard InChI is InChI=1S/C11H12O6/c1-16-8-4-6(3-7(12)11(14)15)5-9(17-2)10(8)13/h3-5,12-13H,1-2H3,(H,14,15)/b7-3-. The van der Waals surface area contributed by atoms with E-state index in [0.29, 0.717) is 5.56 Å². The van der Waals surface area contributed by atoms with Crippen molar-refractivity contribution in [2.45, 2.75) is 0 Å². The number of carboxylic acids is 1. The molecule has 0 atom stereocenters. The maximum Gasteiger partial charge on any atom is 0.370 e. The summed E-state index contributed by atoms with van der Waals surface area (Å²) in [5.41, 5.74) is 0.330. The first-order valence-electron chi connectivity index (χ1n) is 4.58. The highest BCUT2D eigenvalue weighted by molar-refractivity contribution is 5.89. The van der Waals surface area contributed by atoms with Gasteiger partial charge in [-0.3, -0.25) is 0 Å². The Morgan fingerprint density at radius 1 is 1.18 bits per heavy atom. The van der Waals surface area contributed by atoms with Crippen molar-refractivity contribution in [1.29, 1.82) is 0 Å². The zero-order valence-electron chi connectivity index (χ0n) is 9.30. The Hall–Kier alpha value is -2.37. The Kier molecular flexibility index (Phi) is 3.82. The highest BCUT2D eigenvalue weighted by Gasteiger charge is 2.11. The first-order chi connectivity index (χ1) is 7.99. The summed E-state index contributed by atoms with van der Waals surface area (Å²) in [6.45, 7) is 0. The van der Waals surface area contributed by atoms with Crippen molar-refractivity contribution in [3.63, 3.8) is 0 Å². The maximum absolute atomic E-state index is 10.4. The third-order valence-electron chi connectivity index (χ3n) is 2.02.